The summed E-state index contributed by atoms with van der Waals surface area (Å²) in [7, 11) is 0. The number of Topliss-reactive ketones (excluding diaryl/α,β-unsaturated/α-hetero) is 1. The highest BCUT2D eigenvalue weighted by molar-refractivity contribution is 6.31. The predicted molar refractivity (Wildman–Crippen MR) is 284 cm³/mol. The molecule has 0 bridgehead atoms. The summed E-state index contributed by atoms with van der Waals surface area (Å²) in [4.78, 5) is 71.2. The number of piperidine rings is 2. The molecular formula is C54H62Cl2N10O7. The fourth-order valence-corrected chi connectivity index (χ4v) is 9.62. The number of aromatic amines is 1. The second kappa shape index (κ2) is 22.3. The zero-order valence-electron chi connectivity index (χ0n) is 42.0. The zero-order chi connectivity index (χ0) is 52.0. The SMILES string of the molecule is CC(C)(C)OC(=O)N[C@@H]1CCCN(c2nn3cc[nH]c(=O)c3c2Cc2ccccc2Cl)C1.CC(C)(C)OC(=O)N[C@@H]1CCCN(c2nn3ccn(CC(=O)c4ccccc4)c(=O)c3c2Cc2ccccc2Cl)C1. The Hall–Kier alpha value is -7.11. The lowest BCUT2D eigenvalue weighted by Gasteiger charge is -2.34. The van der Waals surface area contributed by atoms with E-state index in [1.54, 1.807) is 58.1 Å². The summed E-state index contributed by atoms with van der Waals surface area (Å²) < 4.78 is 15.5. The van der Waals surface area contributed by atoms with Crippen LogP contribution in [0.5, 0.6) is 0 Å². The standard InChI is InChI=1S/C31H34ClN5O4.C23H28ClN5O3/c1-31(2,3)41-30(40)33-23-13-9-15-35(19-23)28-24(18-22-12-7-8-14-25(22)32)27-29(39)36(16-17-37(27)34-28)20-26(38)21-10-5-4-6-11-21;1-23(2,3)32-22(31)26-16-8-6-11-28(14-16)20-17(13-15-7-4-5-9-18(15)24)19-21(30)25-10-12-29(19)27-20/h4-8,10-12,14,16-17,23H,9,13,15,18-20H2,1-3H3,(H,33,40);4-5,7,9-10,12,16H,6,8,11,13-14H2,1-3H3,(H,25,30)(H,26,31)/t23-;16-/m11/s1. The number of hydrogen-bond donors (Lipinski definition) is 3. The van der Waals surface area contributed by atoms with Gasteiger partial charge in [-0.25, -0.2) is 18.6 Å². The fourth-order valence-electron chi connectivity index (χ4n) is 9.21. The van der Waals surface area contributed by atoms with Crippen molar-refractivity contribution in [3.05, 3.63) is 162 Å². The number of alkyl carbamates (subject to hydrolysis) is 2. The van der Waals surface area contributed by atoms with Crippen LogP contribution in [0, 0.1) is 0 Å². The first kappa shape index (κ1) is 52.2. The van der Waals surface area contributed by atoms with Crippen LogP contribution in [0.4, 0.5) is 21.2 Å². The summed E-state index contributed by atoms with van der Waals surface area (Å²) in [5.41, 5.74) is 3.12. The number of H-pyrrole nitrogens is 1. The van der Waals surface area contributed by atoms with E-state index in [4.69, 9.17) is 42.9 Å². The Bertz CT molecular complexity index is 3230. The normalized spacial score (nSPS) is 16.2. The van der Waals surface area contributed by atoms with Gasteiger partial charge >= 0.3 is 12.2 Å². The van der Waals surface area contributed by atoms with Crippen LogP contribution in [0.1, 0.15) is 99.8 Å². The summed E-state index contributed by atoms with van der Waals surface area (Å²) in [6.07, 6.45) is 9.95. The summed E-state index contributed by atoms with van der Waals surface area (Å²) in [5.74, 6) is 1.23. The number of aromatic nitrogens is 6. The summed E-state index contributed by atoms with van der Waals surface area (Å²) in [5, 5.41) is 16.8. The minimum Gasteiger partial charge on any atom is -0.444 e. The molecule has 2 amide bonds. The molecule has 0 aliphatic carbocycles. The van der Waals surface area contributed by atoms with E-state index in [2.05, 4.69) is 25.4 Å². The van der Waals surface area contributed by atoms with E-state index in [0.717, 1.165) is 60.3 Å². The van der Waals surface area contributed by atoms with Gasteiger partial charge in [0.1, 0.15) is 22.2 Å². The van der Waals surface area contributed by atoms with Crippen LogP contribution in [0.15, 0.2) is 113 Å². The second-order valence-corrected chi connectivity index (χ2v) is 21.2. The number of amides is 2. The van der Waals surface area contributed by atoms with E-state index in [1.807, 2.05) is 96.1 Å². The molecule has 73 heavy (non-hydrogen) atoms. The second-order valence-electron chi connectivity index (χ2n) is 20.4. The molecule has 4 aromatic heterocycles. The van der Waals surface area contributed by atoms with Crippen molar-refractivity contribution in [3.8, 4) is 0 Å². The number of carbonyl (C=O) groups is 3. The van der Waals surface area contributed by atoms with Crippen molar-refractivity contribution >= 4 is 63.8 Å². The maximum absolute atomic E-state index is 13.9. The van der Waals surface area contributed by atoms with Gasteiger partial charge in [-0.1, -0.05) is 89.9 Å². The first-order chi connectivity index (χ1) is 34.8. The van der Waals surface area contributed by atoms with Crippen molar-refractivity contribution < 1.29 is 23.9 Å². The van der Waals surface area contributed by atoms with Crippen LogP contribution in [0.2, 0.25) is 10.0 Å². The smallest absolute Gasteiger partial charge is 0.407 e. The number of benzene rings is 3. The van der Waals surface area contributed by atoms with E-state index in [0.29, 0.717) is 64.9 Å². The minimum atomic E-state index is -0.593. The zero-order valence-corrected chi connectivity index (χ0v) is 43.5. The van der Waals surface area contributed by atoms with Gasteiger partial charge in [0.2, 0.25) is 0 Å². The van der Waals surface area contributed by atoms with Gasteiger partial charge in [0.15, 0.2) is 17.4 Å². The largest absolute Gasteiger partial charge is 0.444 e. The van der Waals surface area contributed by atoms with Crippen molar-refractivity contribution in [1.82, 2.24) is 39.4 Å². The van der Waals surface area contributed by atoms with Crippen LogP contribution >= 0.6 is 23.2 Å². The van der Waals surface area contributed by atoms with Gasteiger partial charge < -0.3 is 39.5 Å². The first-order valence-corrected chi connectivity index (χ1v) is 25.3. The number of fused-ring (bicyclic) bond motifs is 2. The number of nitrogens with one attached hydrogen (secondary N) is 3. The molecule has 2 fully saturated rings. The fraction of sp³-hybridized carbons (Fsp3) is 0.389. The van der Waals surface area contributed by atoms with Crippen molar-refractivity contribution in [2.24, 2.45) is 0 Å². The minimum absolute atomic E-state index is 0.0742. The molecule has 6 heterocycles. The topological polar surface area (TPSA) is 190 Å². The van der Waals surface area contributed by atoms with Crippen molar-refractivity contribution in [1.29, 1.82) is 0 Å². The number of ether oxygens (including phenoxy) is 2. The lowest BCUT2D eigenvalue weighted by Crippen LogP contribution is -2.49. The molecule has 7 aromatic rings. The van der Waals surface area contributed by atoms with Gasteiger partial charge in [-0.3, -0.25) is 14.4 Å². The third-order valence-electron chi connectivity index (χ3n) is 12.4. The molecule has 3 aromatic carbocycles. The van der Waals surface area contributed by atoms with Crippen molar-refractivity contribution in [3.63, 3.8) is 0 Å². The quantitative estimate of drug-likeness (QED) is 0.105. The summed E-state index contributed by atoms with van der Waals surface area (Å²) in [6, 6.07) is 23.8. The van der Waals surface area contributed by atoms with E-state index in [1.165, 1.54) is 4.57 Å². The lowest BCUT2D eigenvalue weighted by molar-refractivity contribution is 0.0488. The van der Waals surface area contributed by atoms with E-state index < -0.39 is 23.4 Å². The van der Waals surface area contributed by atoms with Gasteiger partial charge in [-0.2, -0.15) is 0 Å². The molecule has 2 aliphatic rings. The lowest BCUT2D eigenvalue weighted by atomic mass is 10.0. The molecule has 3 N–H and O–H groups in total. The molecule has 2 aliphatic heterocycles. The van der Waals surface area contributed by atoms with E-state index >= 15 is 0 Å². The Morgan fingerprint density at radius 1 is 0.658 bits per heavy atom. The molecule has 2 atom stereocenters. The Morgan fingerprint density at radius 3 is 1.64 bits per heavy atom. The van der Waals surface area contributed by atoms with E-state index in [-0.39, 0.29) is 35.5 Å². The number of halogens is 2. The Balaban J connectivity index is 0.000000201. The summed E-state index contributed by atoms with van der Waals surface area (Å²) in [6.45, 7) is 13.5. The number of nitrogens with zero attached hydrogens (tertiary/aromatic N) is 7. The first-order valence-electron chi connectivity index (χ1n) is 24.5. The Kier molecular flexibility index (Phi) is 16.0. The Morgan fingerprint density at radius 2 is 1.14 bits per heavy atom. The molecule has 0 unspecified atom stereocenters. The average Bonchev–Trinajstić information content (AvgIpc) is 3.90. The highest BCUT2D eigenvalue weighted by atomic mass is 35.5. The molecule has 384 valence electrons. The molecule has 9 rings (SSSR count). The van der Waals surface area contributed by atoms with Gasteiger partial charge in [0, 0.05) is 103 Å². The molecule has 2 saturated heterocycles. The van der Waals surface area contributed by atoms with Crippen LogP contribution in [0.25, 0.3) is 11.0 Å². The molecule has 0 saturated carbocycles. The van der Waals surface area contributed by atoms with E-state index in [9.17, 15) is 24.0 Å². The third-order valence-corrected chi connectivity index (χ3v) is 13.2. The molecule has 19 heteroatoms. The molecule has 0 radical (unpaired) electrons. The van der Waals surface area contributed by atoms with Crippen LogP contribution in [0.3, 0.4) is 0 Å². The van der Waals surface area contributed by atoms with Crippen LogP contribution in [-0.2, 0) is 28.9 Å². The number of hydrogen-bond acceptors (Lipinski definition) is 11. The number of anilines is 2. The number of rotatable bonds is 11. The predicted octanol–water partition coefficient (Wildman–Crippen LogP) is 8.88. The molecule has 17 nitrogen and oxygen atoms in total. The van der Waals surface area contributed by atoms with Gasteiger partial charge in [-0.05, 0) is 90.5 Å². The maximum Gasteiger partial charge on any atom is 0.407 e. The number of ketones is 1. The van der Waals surface area contributed by atoms with Crippen molar-refractivity contribution in [2.75, 3.05) is 36.0 Å². The summed E-state index contributed by atoms with van der Waals surface area (Å²) >= 11 is 13.0. The number of carbonyl (C=O) groups excluding carboxylic acids is 3. The monoisotopic (exact) mass is 1030 g/mol. The average molecular weight is 1030 g/mol. The molecule has 0 spiro atoms. The van der Waals surface area contributed by atoms with Gasteiger partial charge in [0.25, 0.3) is 11.1 Å². The highest BCUT2D eigenvalue weighted by Gasteiger charge is 2.31. The highest BCUT2D eigenvalue weighted by Crippen LogP contribution is 2.32. The maximum atomic E-state index is 13.9. The molecular weight excluding hydrogens is 972 g/mol. The van der Waals surface area contributed by atoms with Gasteiger partial charge in [-0.15, -0.1) is 10.2 Å². The van der Waals surface area contributed by atoms with Crippen LogP contribution < -0.4 is 31.6 Å². The van der Waals surface area contributed by atoms with Crippen LogP contribution in [-0.4, -0.2) is 96.2 Å². The third kappa shape index (κ3) is 13.1. The Labute approximate surface area is 433 Å². The van der Waals surface area contributed by atoms with Crippen molar-refractivity contribution in [2.45, 2.75) is 110 Å². The van der Waals surface area contributed by atoms with Gasteiger partial charge in [0.05, 0.1) is 6.54 Å².